The second-order valence-corrected chi connectivity index (χ2v) is 4.33. The zero-order valence-corrected chi connectivity index (χ0v) is 10.3. The van der Waals surface area contributed by atoms with Crippen LogP contribution >= 0.6 is 0 Å². The van der Waals surface area contributed by atoms with Crippen LogP contribution in [0.2, 0.25) is 0 Å². The van der Waals surface area contributed by atoms with Gasteiger partial charge in [-0.15, -0.1) is 0 Å². The molecule has 0 saturated heterocycles. The van der Waals surface area contributed by atoms with E-state index in [0.29, 0.717) is 11.7 Å². The van der Waals surface area contributed by atoms with E-state index in [-0.39, 0.29) is 12.1 Å². The first-order valence-electron chi connectivity index (χ1n) is 5.88. The van der Waals surface area contributed by atoms with Crippen molar-refractivity contribution < 1.29 is 9.26 Å². The standard InChI is InChI=1S/C11H15N5O2/c1-6(17-2)10-15-11(18-16-10)8-3-7-9(4-12-8)14-5-13-7/h5-6,8,12H,3-4H2,1-2H3,(H,13,14). The van der Waals surface area contributed by atoms with E-state index in [1.807, 2.05) is 6.92 Å². The van der Waals surface area contributed by atoms with Crippen LogP contribution < -0.4 is 5.32 Å². The van der Waals surface area contributed by atoms with Gasteiger partial charge >= 0.3 is 0 Å². The zero-order valence-electron chi connectivity index (χ0n) is 10.3. The van der Waals surface area contributed by atoms with E-state index in [1.54, 1.807) is 13.4 Å². The van der Waals surface area contributed by atoms with Crippen LogP contribution in [0, 0.1) is 0 Å². The second-order valence-electron chi connectivity index (χ2n) is 4.33. The van der Waals surface area contributed by atoms with Crippen molar-refractivity contribution in [3.8, 4) is 0 Å². The minimum absolute atomic E-state index is 0.0195. The molecule has 0 amide bonds. The summed E-state index contributed by atoms with van der Waals surface area (Å²) in [7, 11) is 1.62. The number of fused-ring (bicyclic) bond motifs is 1. The fourth-order valence-corrected chi connectivity index (χ4v) is 2.00. The highest BCUT2D eigenvalue weighted by molar-refractivity contribution is 5.17. The van der Waals surface area contributed by atoms with Gasteiger partial charge in [0.15, 0.2) is 5.82 Å². The highest BCUT2D eigenvalue weighted by atomic mass is 16.5. The Morgan fingerprint density at radius 1 is 1.56 bits per heavy atom. The third-order valence-corrected chi connectivity index (χ3v) is 3.20. The number of nitrogens with zero attached hydrogens (tertiary/aromatic N) is 3. The van der Waals surface area contributed by atoms with Crippen molar-refractivity contribution in [3.05, 3.63) is 29.4 Å². The number of hydrogen-bond acceptors (Lipinski definition) is 6. The van der Waals surface area contributed by atoms with Crippen LogP contribution in [-0.2, 0) is 17.7 Å². The lowest BCUT2D eigenvalue weighted by atomic mass is 10.1. The summed E-state index contributed by atoms with van der Waals surface area (Å²) in [5.41, 5.74) is 2.18. The fraction of sp³-hybridized carbons (Fsp3) is 0.545. The zero-order chi connectivity index (χ0) is 12.5. The summed E-state index contributed by atoms with van der Waals surface area (Å²) in [6.07, 6.45) is 2.30. The van der Waals surface area contributed by atoms with Crippen molar-refractivity contribution in [1.82, 2.24) is 25.4 Å². The van der Waals surface area contributed by atoms with E-state index in [2.05, 4.69) is 25.4 Å². The number of aromatic amines is 1. The van der Waals surface area contributed by atoms with Gasteiger partial charge in [0, 0.05) is 20.1 Å². The Morgan fingerprint density at radius 3 is 3.28 bits per heavy atom. The molecular formula is C11H15N5O2. The van der Waals surface area contributed by atoms with Crippen molar-refractivity contribution in [1.29, 1.82) is 0 Å². The fourth-order valence-electron chi connectivity index (χ4n) is 2.00. The minimum atomic E-state index is -0.160. The minimum Gasteiger partial charge on any atom is -0.374 e. The summed E-state index contributed by atoms with van der Waals surface area (Å²) in [6, 6.07) is 0.0195. The summed E-state index contributed by atoms with van der Waals surface area (Å²) in [4.78, 5) is 11.7. The number of ether oxygens (including phenoxy) is 1. The molecule has 2 unspecified atom stereocenters. The molecule has 18 heavy (non-hydrogen) atoms. The lowest BCUT2D eigenvalue weighted by Gasteiger charge is -2.19. The van der Waals surface area contributed by atoms with E-state index < -0.39 is 0 Å². The summed E-state index contributed by atoms with van der Waals surface area (Å²) in [5, 5.41) is 7.27. The third kappa shape index (κ3) is 1.91. The Hall–Kier alpha value is -1.73. The smallest absolute Gasteiger partial charge is 0.244 e. The van der Waals surface area contributed by atoms with Crippen LogP contribution in [0.25, 0.3) is 0 Å². The van der Waals surface area contributed by atoms with Gasteiger partial charge in [0.25, 0.3) is 0 Å². The Morgan fingerprint density at radius 2 is 2.44 bits per heavy atom. The maximum Gasteiger partial charge on any atom is 0.244 e. The van der Waals surface area contributed by atoms with E-state index >= 15 is 0 Å². The maximum atomic E-state index is 5.28. The van der Waals surface area contributed by atoms with Gasteiger partial charge in [-0.2, -0.15) is 4.98 Å². The lowest BCUT2D eigenvalue weighted by molar-refractivity contribution is 0.109. The SMILES string of the molecule is COC(C)c1noc(C2Cc3nc[nH]c3CN2)n1. The van der Waals surface area contributed by atoms with Gasteiger partial charge in [0.1, 0.15) is 6.10 Å². The second kappa shape index (κ2) is 4.51. The predicted octanol–water partition coefficient (Wildman–Crippen LogP) is 0.887. The van der Waals surface area contributed by atoms with Crippen molar-refractivity contribution in [2.45, 2.75) is 32.0 Å². The maximum absolute atomic E-state index is 5.28. The molecule has 0 bridgehead atoms. The van der Waals surface area contributed by atoms with E-state index in [1.165, 1.54) is 0 Å². The van der Waals surface area contributed by atoms with E-state index in [9.17, 15) is 0 Å². The molecule has 7 nitrogen and oxygen atoms in total. The number of aromatic nitrogens is 4. The van der Waals surface area contributed by atoms with Crippen LogP contribution in [0.15, 0.2) is 10.9 Å². The highest BCUT2D eigenvalue weighted by Crippen LogP contribution is 2.23. The monoisotopic (exact) mass is 249 g/mol. The average Bonchev–Trinajstić information content (AvgIpc) is 3.05. The Balaban J connectivity index is 1.78. The van der Waals surface area contributed by atoms with Crippen LogP contribution in [0.1, 0.15) is 42.2 Å². The van der Waals surface area contributed by atoms with Crippen molar-refractivity contribution in [3.63, 3.8) is 0 Å². The molecule has 0 aliphatic carbocycles. The van der Waals surface area contributed by atoms with Gasteiger partial charge in [-0.3, -0.25) is 5.32 Å². The molecule has 2 aromatic heterocycles. The molecule has 7 heteroatoms. The number of rotatable bonds is 3. The molecule has 3 rings (SSSR count). The molecule has 2 atom stereocenters. The topological polar surface area (TPSA) is 88.9 Å². The van der Waals surface area contributed by atoms with Gasteiger partial charge in [0.05, 0.1) is 23.8 Å². The van der Waals surface area contributed by atoms with Gasteiger partial charge in [-0.1, -0.05) is 5.16 Å². The molecule has 1 aliphatic heterocycles. The van der Waals surface area contributed by atoms with Crippen LogP contribution in [0.5, 0.6) is 0 Å². The molecule has 0 aromatic carbocycles. The molecule has 0 fully saturated rings. The molecule has 0 saturated carbocycles. The Bertz CT molecular complexity index is 535. The quantitative estimate of drug-likeness (QED) is 0.839. The number of imidazole rings is 1. The van der Waals surface area contributed by atoms with Crippen molar-refractivity contribution in [2.24, 2.45) is 0 Å². The first-order valence-corrected chi connectivity index (χ1v) is 5.88. The lowest BCUT2D eigenvalue weighted by Crippen LogP contribution is -2.28. The first-order chi connectivity index (χ1) is 8.78. The molecule has 2 N–H and O–H groups in total. The molecule has 2 aromatic rings. The van der Waals surface area contributed by atoms with Crippen LogP contribution in [0.4, 0.5) is 0 Å². The van der Waals surface area contributed by atoms with Gasteiger partial charge in [0.2, 0.25) is 5.89 Å². The van der Waals surface area contributed by atoms with Crippen molar-refractivity contribution >= 4 is 0 Å². The van der Waals surface area contributed by atoms with Gasteiger partial charge < -0.3 is 14.2 Å². The average molecular weight is 249 g/mol. The predicted molar refractivity (Wildman–Crippen MR) is 61.6 cm³/mol. The molecule has 0 radical (unpaired) electrons. The summed E-state index contributed by atoms with van der Waals surface area (Å²) < 4.78 is 10.4. The number of hydrogen-bond donors (Lipinski definition) is 2. The number of H-pyrrole nitrogens is 1. The normalized spacial score (nSPS) is 20.7. The largest absolute Gasteiger partial charge is 0.374 e. The van der Waals surface area contributed by atoms with Gasteiger partial charge in [-0.05, 0) is 6.92 Å². The number of nitrogens with one attached hydrogen (secondary N) is 2. The first kappa shape index (κ1) is 11.4. The molecule has 96 valence electrons. The number of methoxy groups -OCH3 is 1. The van der Waals surface area contributed by atoms with E-state index in [4.69, 9.17) is 9.26 Å². The van der Waals surface area contributed by atoms with E-state index in [0.717, 1.165) is 24.4 Å². The molecule has 0 spiro atoms. The van der Waals surface area contributed by atoms with Crippen LogP contribution in [-0.4, -0.2) is 27.2 Å². The molecule has 1 aliphatic rings. The molecule has 3 heterocycles. The van der Waals surface area contributed by atoms with Gasteiger partial charge in [-0.25, -0.2) is 4.98 Å². The summed E-state index contributed by atoms with van der Waals surface area (Å²) in [5.74, 6) is 1.16. The Kier molecular flexibility index (Phi) is 2.85. The Labute approximate surface area is 104 Å². The third-order valence-electron chi connectivity index (χ3n) is 3.20. The summed E-state index contributed by atoms with van der Waals surface area (Å²) >= 11 is 0. The van der Waals surface area contributed by atoms with Crippen molar-refractivity contribution in [2.75, 3.05) is 7.11 Å². The highest BCUT2D eigenvalue weighted by Gasteiger charge is 2.26. The summed E-state index contributed by atoms with van der Waals surface area (Å²) in [6.45, 7) is 2.62. The van der Waals surface area contributed by atoms with Crippen LogP contribution in [0.3, 0.4) is 0 Å². The molecular weight excluding hydrogens is 234 g/mol.